The minimum Gasteiger partial charge on any atom is -0.484 e. The highest BCUT2D eigenvalue weighted by molar-refractivity contribution is 6.03. The van der Waals surface area contributed by atoms with Crippen molar-refractivity contribution in [3.05, 3.63) is 78.0 Å². The molecule has 0 unspecified atom stereocenters. The largest absolute Gasteiger partial charge is 0.484 e. The summed E-state index contributed by atoms with van der Waals surface area (Å²) < 4.78 is 43.0. The lowest BCUT2D eigenvalue weighted by Crippen LogP contribution is -2.19. The minimum absolute atomic E-state index is 0.0328. The number of nitrogens with zero attached hydrogens (tertiary/aromatic N) is 2. The summed E-state index contributed by atoms with van der Waals surface area (Å²) in [4.78, 5) is 12.3. The van der Waals surface area contributed by atoms with Gasteiger partial charge in [0.05, 0.1) is 6.54 Å². The molecule has 0 aliphatic heterocycles. The number of hydrogen-bond acceptors (Lipinski definition) is 3. The highest BCUT2D eigenvalue weighted by Crippen LogP contribution is 2.20. The topological polar surface area (TPSA) is 56.2 Å². The predicted octanol–water partition coefficient (Wildman–Crippen LogP) is 4.12. The first-order valence-corrected chi connectivity index (χ1v) is 8.07. The van der Waals surface area contributed by atoms with Crippen LogP contribution in [0.1, 0.15) is 15.9 Å². The molecule has 27 heavy (non-hydrogen) atoms. The van der Waals surface area contributed by atoms with Crippen LogP contribution in [-0.2, 0) is 6.54 Å². The number of hydrogen-bond donors (Lipinski definition) is 1. The summed E-state index contributed by atoms with van der Waals surface area (Å²) in [6.45, 7) is -0.862. The molecule has 0 fully saturated rings. The SMILES string of the molecule is O=C(Nc1ccn(Cc2ccccc2)n1)c1cccc(OCC(F)(F)F)c1. The van der Waals surface area contributed by atoms with Gasteiger partial charge in [-0.25, -0.2) is 0 Å². The van der Waals surface area contributed by atoms with Crippen molar-refractivity contribution in [3.8, 4) is 5.75 Å². The second-order valence-corrected chi connectivity index (χ2v) is 5.77. The number of carbonyl (C=O) groups excluding carboxylic acids is 1. The zero-order valence-electron chi connectivity index (χ0n) is 14.1. The van der Waals surface area contributed by atoms with E-state index in [1.165, 1.54) is 24.3 Å². The van der Waals surface area contributed by atoms with Gasteiger partial charge in [0, 0.05) is 17.8 Å². The van der Waals surface area contributed by atoms with Gasteiger partial charge in [0.15, 0.2) is 12.4 Å². The van der Waals surface area contributed by atoms with E-state index in [1.54, 1.807) is 16.9 Å². The van der Waals surface area contributed by atoms with Crippen molar-refractivity contribution in [2.24, 2.45) is 0 Å². The number of nitrogens with one attached hydrogen (secondary N) is 1. The number of carbonyl (C=O) groups is 1. The van der Waals surface area contributed by atoms with Gasteiger partial charge in [-0.3, -0.25) is 9.48 Å². The second kappa shape index (κ2) is 7.94. The molecule has 1 amide bonds. The summed E-state index contributed by atoms with van der Waals surface area (Å²) in [5, 5.41) is 6.88. The molecule has 3 rings (SSSR count). The molecule has 0 spiro atoms. The van der Waals surface area contributed by atoms with Gasteiger partial charge >= 0.3 is 6.18 Å². The Hall–Kier alpha value is -3.29. The highest BCUT2D eigenvalue weighted by atomic mass is 19.4. The predicted molar refractivity (Wildman–Crippen MR) is 93.7 cm³/mol. The summed E-state index contributed by atoms with van der Waals surface area (Å²) in [5.41, 5.74) is 1.24. The number of rotatable bonds is 6. The van der Waals surface area contributed by atoms with Gasteiger partial charge in [0.2, 0.25) is 0 Å². The highest BCUT2D eigenvalue weighted by Gasteiger charge is 2.28. The molecule has 0 atom stereocenters. The molecular weight excluding hydrogens is 359 g/mol. The van der Waals surface area contributed by atoms with Crippen molar-refractivity contribution in [2.75, 3.05) is 11.9 Å². The van der Waals surface area contributed by atoms with Crippen LogP contribution in [0.5, 0.6) is 5.75 Å². The number of halogens is 3. The number of ether oxygens (including phenoxy) is 1. The lowest BCUT2D eigenvalue weighted by atomic mass is 10.2. The number of benzene rings is 2. The van der Waals surface area contributed by atoms with Crippen molar-refractivity contribution in [1.29, 1.82) is 0 Å². The average molecular weight is 375 g/mol. The zero-order chi connectivity index (χ0) is 19.3. The van der Waals surface area contributed by atoms with Crippen LogP contribution in [0.15, 0.2) is 66.9 Å². The molecule has 2 aromatic carbocycles. The molecule has 1 N–H and O–H groups in total. The molecule has 0 aliphatic carbocycles. The van der Waals surface area contributed by atoms with E-state index < -0.39 is 18.7 Å². The molecule has 0 aliphatic rings. The Balaban J connectivity index is 1.62. The maximum Gasteiger partial charge on any atom is 0.422 e. The standard InChI is InChI=1S/C19H16F3N3O2/c20-19(21,22)13-27-16-8-4-7-15(11-16)18(26)23-17-9-10-25(24-17)12-14-5-2-1-3-6-14/h1-11H,12-13H2,(H,23,24,26). The van der Waals surface area contributed by atoms with Gasteiger partial charge in [0.1, 0.15) is 5.75 Å². The maximum atomic E-state index is 12.3. The average Bonchev–Trinajstić information content (AvgIpc) is 3.07. The third kappa shape index (κ3) is 5.60. The van der Waals surface area contributed by atoms with Crippen LogP contribution < -0.4 is 10.1 Å². The summed E-state index contributed by atoms with van der Waals surface area (Å²) in [6, 6.07) is 16.9. The molecule has 0 radical (unpaired) electrons. The first-order valence-electron chi connectivity index (χ1n) is 8.07. The van der Waals surface area contributed by atoms with Gasteiger partial charge in [-0.2, -0.15) is 18.3 Å². The Morgan fingerprint density at radius 1 is 1.07 bits per heavy atom. The van der Waals surface area contributed by atoms with Crippen LogP contribution in [0.3, 0.4) is 0 Å². The molecule has 3 aromatic rings. The Bertz CT molecular complexity index is 908. The fourth-order valence-electron chi connectivity index (χ4n) is 2.37. The molecule has 8 heteroatoms. The Kier molecular flexibility index (Phi) is 5.44. The van der Waals surface area contributed by atoms with Crippen LogP contribution in [0, 0.1) is 0 Å². The zero-order valence-corrected chi connectivity index (χ0v) is 14.1. The maximum absolute atomic E-state index is 12.3. The van der Waals surface area contributed by atoms with Crippen molar-refractivity contribution < 1.29 is 22.7 Å². The van der Waals surface area contributed by atoms with Crippen LogP contribution >= 0.6 is 0 Å². The molecule has 0 saturated heterocycles. The molecular formula is C19H16F3N3O2. The number of anilines is 1. The third-order valence-corrected chi connectivity index (χ3v) is 3.57. The first kappa shape index (κ1) is 18.5. The number of aromatic nitrogens is 2. The van der Waals surface area contributed by atoms with Gasteiger partial charge in [0.25, 0.3) is 5.91 Å². The molecule has 5 nitrogen and oxygen atoms in total. The van der Waals surface area contributed by atoms with Crippen LogP contribution in [0.25, 0.3) is 0 Å². The lowest BCUT2D eigenvalue weighted by molar-refractivity contribution is -0.153. The Morgan fingerprint density at radius 2 is 1.85 bits per heavy atom. The van der Waals surface area contributed by atoms with Gasteiger partial charge in [-0.15, -0.1) is 0 Å². The van der Waals surface area contributed by atoms with E-state index >= 15 is 0 Å². The molecule has 140 valence electrons. The van der Waals surface area contributed by atoms with Crippen molar-refractivity contribution in [3.63, 3.8) is 0 Å². The summed E-state index contributed by atoms with van der Waals surface area (Å²) in [5.74, 6) is -0.176. The molecule has 0 bridgehead atoms. The Labute approximate surface area is 153 Å². The summed E-state index contributed by atoms with van der Waals surface area (Å²) >= 11 is 0. The summed E-state index contributed by atoms with van der Waals surface area (Å²) in [7, 11) is 0. The van der Waals surface area contributed by atoms with Crippen LogP contribution in [-0.4, -0.2) is 28.5 Å². The van der Waals surface area contributed by atoms with Gasteiger partial charge in [-0.1, -0.05) is 36.4 Å². The smallest absolute Gasteiger partial charge is 0.422 e. The monoisotopic (exact) mass is 375 g/mol. The minimum atomic E-state index is -4.44. The Morgan fingerprint density at radius 3 is 2.59 bits per heavy atom. The first-order chi connectivity index (χ1) is 12.9. The van der Waals surface area contributed by atoms with Gasteiger partial charge in [-0.05, 0) is 23.8 Å². The van der Waals surface area contributed by atoms with E-state index in [1.807, 2.05) is 30.3 Å². The molecule has 1 aromatic heterocycles. The van der Waals surface area contributed by atoms with E-state index in [4.69, 9.17) is 0 Å². The van der Waals surface area contributed by atoms with Gasteiger partial charge < -0.3 is 10.1 Å². The van der Waals surface area contributed by atoms with Crippen LogP contribution in [0.4, 0.5) is 19.0 Å². The van der Waals surface area contributed by atoms with E-state index in [9.17, 15) is 18.0 Å². The van der Waals surface area contributed by atoms with E-state index in [2.05, 4.69) is 15.2 Å². The third-order valence-electron chi connectivity index (χ3n) is 3.57. The number of alkyl halides is 3. The van der Waals surface area contributed by atoms with Crippen LogP contribution in [0.2, 0.25) is 0 Å². The second-order valence-electron chi connectivity index (χ2n) is 5.77. The van der Waals surface area contributed by atoms with E-state index in [0.717, 1.165) is 5.56 Å². The van der Waals surface area contributed by atoms with E-state index in [0.29, 0.717) is 12.4 Å². The van der Waals surface area contributed by atoms with Crippen molar-refractivity contribution in [1.82, 2.24) is 9.78 Å². The van der Waals surface area contributed by atoms with Crippen molar-refractivity contribution >= 4 is 11.7 Å². The fourth-order valence-corrected chi connectivity index (χ4v) is 2.37. The lowest BCUT2D eigenvalue weighted by Gasteiger charge is -2.10. The number of amides is 1. The van der Waals surface area contributed by atoms with E-state index in [-0.39, 0.29) is 11.3 Å². The van der Waals surface area contributed by atoms with Crippen molar-refractivity contribution in [2.45, 2.75) is 12.7 Å². The summed E-state index contributed by atoms with van der Waals surface area (Å²) in [6.07, 6.45) is -2.71. The molecule has 0 saturated carbocycles. The quantitative estimate of drug-likeness (QED) is 0.705. The fraction of sp³-hybridized carbons (Fsp3) is 0.158. The normalized spacial score (nSPS) is 11.2. The molecule has 1 heterocycles.